The molecule has 2 aromatic rings. The molecule has 8 nitrogen and oxygen atoms in total. The first kappa shape index (κ1) is 22.6. The number of carbonyl (C=O) groups is 2. The van der Waals surface area contributed by atoms with E-state index in [-0.39, 0.29) is 25.0 Å². The molecule has 12 heteroatoms. The Bertz CT molecular complexity index is 1000. The Hall–Kier alpha value is -2.63. The zero-order valence-electron chi connectivity index (χ0n) is 17.6. The van der Waals surface area contributed by atoms with Gasteiger partial charge in [0.15, 0.2) is 0 Å². The highest BCUT2D eigenvalue weighted by Crippen LogP contribution is 2.33. The number of nitrogens with one attached hydrogen (secondary N) is 1. The summed E-state index contributed by atoms with van der Waals surface area (Å²) in [6, 6.07) is 2.04. The van der Waals surface area contributed by atoms with Crippen LogP contribution in [0.1, 0.15) is 24.6 Å². The summed E-state index contributed by atoms with van der Waals surface area (Å²) in [5.74, 6) is -0.296. The number of hydrogen-bond donors (Lipinski definition) is 1. The standard InChI is InChI=1S/C20H24F3N5O3S/c1-2-13-9-14-16(28-6-4-27(5-7-28)15(29)10-20(21,22)23)25-19(26-17(14)32-13)24-11-12-3-8-31-18(12)30/h9,12H,2-8,10-11H2,1H3,(H,24,25,26)/t12-/m1/s1. The van der Waals surface area contributed by atoms with Gasteiger partial charge in [0.1, 0.15) is 17.1 Å². The fourth-order valence-electron chi connectivity index (χ4n) is 3.84. The second-order valence-corrected chi connectivity index (χ2v) is 8.96. The van der Waals surface area contributed by atoms with Crippen LogP contribution in [0.4, 0.5) is 24.9 Å². The Morgan fingerprint density at radius 2 is 2.03 bits per heavy atom. The Kier molecular flexibility index (Phi) is 6.40. The Labute approximate surface area is 186 Å². The van der Waals surface area contributed by atoms with Crippen LogP contribution in [-0.2, 0) is 20.7 Å². The summed E-state index contributed by atoms with van der Waals surface area (Å²) in [6.07, 6.45) is -4.45. The van der Waals surface area contributed by atoms with Crippen LogP contribution in [0, 0.1) is 5.92 Å². The minimum absolute atomic E-state index is 0.196. The number of thiophene rings is 1. The van der Waals surface area contributed by atoms with Gasteiger partial charge in [-0.25, -0.2) is 4.98 Å². The van der Waals surface area contributed by atoms with Crippen molar-refractivity contribution in [3.8, 4) is 0 Å². The number of hydrogen-bond acceptors (Lipinski definition) is 8. The van der Waals surface area contributed by atoms with E-state index in [0.717, 1.165) is 21.5 Å². The number of carbonyl (C=O) groups excluding carboxylic acids is 2. The van der Waals surface area contributed by atoms with Gasteiger partial charge >= 0.3 is 12.1 Å². The lowest BCUT2D eigenvalue weighted by Gasteiger charge is -2.36. The van der Waals surface area contributed by atoms with Crippen molar-refractivity contribution in [2.24, 2.45) is 5.92 Å². The van der Waals surface area contributed by atoms with Crippen molar-refractivity contribution >= 4 is 45.2 Å². The van der Waals surface area contributed by atoms with Gasteiger partial charge in [-0.1, -0.05) is 6.92 Å². The number of esters is 1. The van der Waals surface area contributed by atoms with E-state index in [1.807, 2.05) is 17.9 Å². The van der Waals surface area contributed by atoms with Crippen LogP contribution in [-0.4, -0.2) is 72.3 Å². The van der Waals surface area contributed by atoms with Gasteiger partial charge in [0, 0.05) is 37.6 Å². The minimum atomic E-state index is -4.51. The number of nitrogens with zero attached hydrogens (tertiary/aromatic N) is 4. The summed E-state index contributed by atoms with van der Waals surface area (Å²) in [5, 5.41) is 4.02. The van der Waals surface area contributed by atoms with E-state index in [9.17, 15) is 22.8 Å². The predicted octanol–water partition coefficient (Wildman–Crippen LogP) is 2.83. The molecule has 0 bridgehead atoms. The molecule has 1 atom stereocenters. The van der Waals surface area contributed by atoms with E-state index in [0.29, 0.717) is 44.4 Å². The number of piperazine rings is 1. The number of alkyl halides is 3. The van der Waals surface area contributed by atoms with Gasteiger partial charge in [0.2, 0.25) is 11.9 Å². The average Bonchev–Trinajstić information content (AvgIpc) is 3.36. The molecule has 1 N–H and O–H groups in total. The number of aromatic nitrogens is 2. The van der Waals surface area contributed by atoms with Crippen LogP contribution in [0.3, 0.4) is 0 Å². The lowest BCUT2D eigenvalue weighted by molar-refractivity contribution is -0.161. The summed E-state index contributed by atoms with van der Waals surface area (Å²) < 4.78 is 42.7. The largest absolute Gasteiger partial charge is 0.465 e. The van der Waals surface area contributed by atoms with E-state index in [1.165, 1.54) is 4.90 Å². The van der Waals surface area contributed by atoms with Gasteiger partial charge in [-0.3, -0.25) is 9.59 Å². The first-order valence-corrected chi connectivity index (χ1v) is 11.4. The second kappa shape index (κ2) is 9.08. The molecule has 0 saturated carbocycles. The van der Waals surface area contributed by atoms with Gasteiger partial charge < -0.3 is 19.9 Å². The van der Waals surface area contributed by atoms with Crippen molar-refractivity contribution in [3.05, 3.63) is 10.9 Å². The van der Waals surface area contributed by atoms with Crippen molar-refractivity contribution in [3.63, 3.8) is 0 Å². The van der Waals surface area contributed by atoms with Gasteiger partial charge in [-0.2, -0.15) is 18.2 Å². The minimum Gasteiger partial charge on any atom is -0.465 e. The molecule has 2 fully saturated rings. The fraction of sp³-hybridized carbons (Fsp3) is 0.600. The number of fused-ring (bicyclic) bond motifs is 1. The molecular formula is C20H24F3N5O3S. The lowest BCUT2D eigenvalue weighted by atomic mass is 10.1. The molecule has 4 rings (SSSR count). The van der Waals surface area contributed by atoms with Crippen molar-refractivity contribution < 1.29 is 27.5 Å². The highest BCUT2D eigenvalue weighted by atomic mass is 32.1. The summed E-state index contributed by atoms with van der Waals surface area (Å²) in [6.45, 7) is 3.98. The molecule has 32 heavy (non-hydrogen) atoms. The molecule has 0 unspecified atom stereocenters. The van der Waals surface area contributed by atoms with Gasteiger partial charge in [-0.05, 0) is 18.9 Å². The number of halogens is 3. The Morgan fingerprint density at radius 3 is 2.66 bits per heavy atom. The van der Waals surface area contributed by atoms with E-state index >= 15 is 0 Å². The molecule has 2 aromatic heterocycles. The third kappa shape index (κ3) is 5.05. The van der Waals surface area contributed by atoms with Crippen LogP contribution >= 0.6 is 11.3 Å². The Morgan fingerprint density at radius 1 is 1.28 bits per heavy atom. The molecule has 0 aliphatic carbocycles. The number of rotatable bonds is 6. The smallest absolute Gasteiger partial charge is 0.397 e. The molecule has 2 aliphatic heterocycles. The first-order valence-electron chi connectivity index (χ1n) is 10.5. The number of ether oxygens (including phenoxy) is 1. The normalized spacial score (nSPS) is 19.5. The topological polar surface area (TPSA) is 87.7 Å². The fourth-order valence-corrected chi connectivity index (χ4v) is 4.80. The predicted molar refractivity (Wildman–Crippen MR) is 114 cm³/mol. The molecule has 174 valence electrons. The third-order valence-electron chi connectivity index (χ3n) is 5.61. The SMILES string of the molecule is CCc1cc2c(N3CCN(C(=O)CC(F)(F)F)CC3)nc(NC[C@H]3CCOC3=O)nc2s1. The van der Waals surface area contributed by atoms with Gasteiger partial charge in [0.05, 0.1) is 17.9 Å². The van der Waals surface area contributed by atoms with Crippen molar-refractivity contribution in [1.82, 2.24) is 14.9 Å². The highest BCUT2D eigenvalue weighted by Gasteiger charge is 2.35. The van der Waals surface area contributed by atoms with Crippen molar-refractivity contribution in [1.29, 1.82) is 0 Å². The molecule has 2 saturated heterocycles. The zero-order chi connectivity index (χ0) is 22.9. The highest BCUT2D eigenvalue weighted by molar-refractivity contribution is 7.18. The molecular weight excluding hydrogens is 447 g/mol. The molecule has 0 aromatic carbocycles. The molecule has 4 heterocycles. The van der Waals surface area contributed by atoms with Crippen molar-refractivity contribution in [2.45, 2.75) is 32.4 Å². The average molecular weight is 472 g/mol. The second-order valence-electron chi connectivity index (χ2n) is 7.85. The van der Waals surface area contributed by atoms with Gasteiger partial charge in [0.25, 0.3) is 0 Å². The van der Waals surface area contributed by atoms with E-state index in [4.69, 9.17) is 4.74 Å². The molecule has 0 spiro atoms. The third-order valence-corrected chi connectivity index (χ3v) is 6.78. The maximum atomic E-state index is 12.6. The monoisotopic (exact) mass is 471 g/mol. The van der Waals surface area contributed by atoms with Crippen LogP contribution in [0.2, 0.25) is 0 Å². The van der Waals surface area contributed by atoms with E-state index in [1.54, 1.807) is 11.3 Å². The van der Waals surface area contributed by atoms with E-state index in [2.05, 4.69) is 15.3 Å². The summed E-state index contributed by atoms with van der Waals surface area (Å²) in [4.78, 5) is 38.1. The first-order chi connectivity index (χ1) is 15.2. The quantitative estimate of drug-likeness (QED) is 0.649. The summed E-state index contributed by atoms with van der Waals surface area (Å²) in [7, 11) is 0. The van der Waals surface area contributed by atoms with Crippen LogP contribution in [0.5, 0.6) is 0 Å². The zero-order valence-corrected chi connectivity index (χ0v) is 18.4. The van der Waals surface area contributed by atoms with Crippen LogP contribution in [0.15, 0.2) is 6.07 Å². The van der Waals surface area contributed by atoms with Crippen molar-refractivity contribution in [2.75, 3.05) is 49.5 Å². The number of aryl methyl sites for hydroxylation is 1. The summed E-state index contributed by atoms with van der Waals surface area (Å²) in [5.41, 5.74) is 0. The van der Waals surface area contributed by atoms with E-state index < -0.39 is 18.5 Å². The van der Waals surface area contributed by atoms with Crippen LogP contribution < -0.4 is 10.2 Å². The lowest BCUT2D eigenvalue weighted by Crippen LogP contribution is -2.49. The number of amides is 1. The molecule has 2 aliphatic rings. The number of cyclic esters (lactones) is 1. The maximum Gasteiger partial charge on any atom is 0.397 e. The Balaban J connectivity index is 1.51. The molecule has 0 radical (unpaired) electrons. The maximum absolute atomic E-state index is 12.6. The number of anilines is 2. The molecule has 1 amide bonds. The summed E-state index contributed by atoms with van der Waals surface area (Å²) >= 11 is 1.56. The van der Waals surface area contributed by atoms with Crippen LogP contribution in [0.25, 0.3) is 10.2 Å². The van der Waals surface area contributed by atoms with Gasteiger partial charge in [-0.15, -0.1) is 11.3 Å².